The van der Waals surface area contributed by atoms with Crippen LogP contribution in [0.3, 0.4) is 0 Å². The topological polar surface area (TPSA) is 74.8 Å². The van der Waals surface area contributed by atoms with Crippen LogP contribution in [-0.4, -0.2) is 17.9 Å². The van der Waals surface area contributed by atoms with Crippen LogP contribution in [0.15, 0.2) is 48.5 Å². The molecule has 0 aromatic heterocycles. The molecule has 2 amide bonds. The molecule has 0 unspecified atom stereocenters. The smallest absolute Gasteiger partial charge is 0.282 e. The molecule has 5 nitrogen and oxygen atoms in total. The second kappa shape index (κ2) is 10.2. The van der Waals surface area contributed by atoms with Crippen LogP contribution in [0.4, 0.5) is 11.4 Å². The second-order valence-corrected chi connectivity index (χ2v) is 8.32. The Bertz CT molecular complexity index is 811. The lowest BCUT2D eigenvalue weighted by Crippen LogP contribution is -2.93. The van der Waals surface area contributed by atoms with Gasteiger partial charge in [-0.15, -0.1) is 0 Å². The Morgan fingerprint density at radius 1 is 0.759 bits per heavy atom. The lowest BCUT2D eigenvalue weighted by molar-refractivity contribution is -0.718. The van der Waals surface area contributed by atoms with Crippen LogP contribution in [-0.2, 0) is 9.59 Å². The summed E-state index contributed by atoms with van der Waals surface area (Å²) in [6.07, 6.45) is 0. The fourth-order valence-electron chi connectivity index (χ4n) is 3.32. The molecule has 2 rings (SSSR count). The minimum atomic E-state index is -0.234. The van der Waals surface area contributed by atoms with E-state index in [0.29, 0.717) is 23.2 Å². The number of carbonyl (C=O) groups is 2. The highest BCUT2D eigenvalue weighted by molar-refractivity contribution is 5.94. The lowest BCUT2D eigenvalue weighted by Gasteiger charge is -2.23. The number of nitrogens with two attached hydrogens (primary N) is 1. The normalized spacial score (nSPS) is 13.2. The van der Waals surface area contributed by atoms with E-state index in [1.54, 1.807) is 24.3 Å². The van der Waals surface area contributed by atoms with Gasteiger partial charge in [0.1, 0.15) is 6.04 Å². The summed E-state index contributed by atoms with van der Waals surface area (Å²) in [6.45, 7) is 12.1. The van der Waals surface area contributed by atoms with Gasteiger partial charge < -0.3 is 16.0 Å². The van der Waals surface area contributed by atoms with Gasteiger partial charge in [-0.3, -0.25) is 9.59 Å². The quantitative estimate of drug-likeness (QED) is 0.629. The van der Waals surface area contributed by atoms with Crippen LogP contribution in [0.2, 0.25) is 0 Å². The molecule has 0 aliphatic carbocycles. The molecule has 0 bridgehead atoms. The molecular weight excluding hydrogens is 362 g/mol. The summed E-state index contributed by atoms with van der Waals surface area (Å²) in [7, 11) is 0. The molecule has 0 radical (unpaired) electrons. The minimum Gasteiger partial charge on any atom is -0.330 e. The minimum absolute atomic E-state index is 0.0401. The van der Waals surface area contributed by atoms with Crippen LogP contribution >= 0.6 is 0 Å². The van der Waals surface area contributed by atoms with Crippen molar-refractivity contribution < 1.29 is 14.9 Å². The van der Waals surface area contributed by atoms with Crippen molar-refractivity contribution in [1.82, 2.24) is 0 Å². The van der Waals surface area contributed by atoms with E-state index in [-0.39, 0.29) is 23.9 Å². The highest BCUT2D eigenvalue weighted by Crippen LogP contribution is 2.21. The van der Waals surface area contributed by atoms with Crippen molar-refractivity contribution in [3.8, 4) is 0 Å². The highest BCUT2D eigenvalue weighted by atomic mass is 16.2. The van der Waals surface area contributed by atoms with Gasteiger partial charge >= 0.3 is 0 Å². The molecule has 0 spiro atoms. The van der Waals surface area contributed by atoms with E-state index in [9.17, 15) is 9.59 Å². The molecule has 2 atom stereocenters. The third kappa shape index (κ3) is 6.71. The van der Waals surface area contributed by atoms with Gasteiger partial charge in [-0.25, -0.2) is 0 Å². The summed E-state index contributed by atoms with van der Waals surface area (Å²) in [6, 6.07) is 15.8. The van der Waals surface area contributed by atoms with E-state index in [1.165, 1.54) is 18.1 Å². The summed E-state index contributed by atoms with van der Waals surface area (Å²) in [5.74, 6) is 0.743. The summed E-state index contributed by atoms with van der Waals surface area (Å²) in [5.41, 5.74) is 3.99. The largest absolute Gasteiger partial charge is 0.330 e. The van der Waals surface area contributed by atoms with Crippen molar-refractivity contribution >= 4 is 23.2 Å². The van der Waals surface area contributed by atoms with E-state index >= 15 is 0 Å². The highest BCUT2D eigenvalue weighted by Gasteiger charge is 2.26. The molecule has 0 aliphatic rings. The molecular formula is C24H34N3O2+. The number of quaternary nitrogens is 1. The number of anilines is 2. The third-order valence-electron chi connectivity index (χ3n) is 5.09. The SMILES string of the molecule is CC(=O)Nc1ccc(NC(=O)[C@H](C)[NH2+][C@@H](c2ccc(C(C)C)cc2)C(C)C)cc1. The van der Waals surface area contributed by atoms with Crippen molar-refractivity contribution in [2.75, 3.05) is 10.6 Å². The third-order valence-corrected chi connectivity index (χ3v) is 5.09. The van der Waals surface area contributed by atoms with Gasteiger partial charge in [-0.05, 0) is 42.7 Å². The summed E-state index contributed by atoms with van der Waals surface area (Å²) >= 11 is 0. The zero-order valence-corrected chi connectivity index (χ0v) is 18.3. The van der Waals surface area contributed by atoms with E-state index in [1.807, 2.05) is 6.92 Å². The maximum Gasteiger partial charge on any atom is 0.282 e. The van der Waals surface area contributed by atoms with Crippen LogP contribution in [0, 0.1) is 5.92 Å². The van der Waals surface area contributed by atoms with E-state index in [2.05, 4.69) is 67.9 Å². The zero-order valence-electron chi connectivity index (χ0n) is 18.3. The average molecular weight is 397 g/mol. The van der Waals surface area contributed by atoms with E-state index < -0.39 is 0 Å². The number of rotatable bonds is 8. The molecule has 5 heteroatoms. The monoisotopic (exact) mass is 396 g/mol. The van der Waals surface area contributed by atoms with Gasteiger partial charge in [0.25, 0.3) is 5.91 Å². The van der Waals surface area contributed by atoms with Crippen LogP contribution in [0.5, 0.6) is 0 Å². The first-order valence-corrected chi connectivity index (χ1v) is 10.3. The Morgan fingerprint density at radius 2 is 1.24 bits per heavy atom. The molecule has 2 aromatic carbocycles. The Kier molecular flexibility index (Phi) is 7.97. The molecule has 0 fully saturated rings. The van der Waals surface area contributed by atoms with Crippen molar-refractivity contribution in [3.05, 3.63) is 59.7 Å². The molecule has 0 saturated heterocycles. The Balaban J connectivity index is 2.02. The van der Waals surface area contributed by atoms with Crippen molar-refractivity contribution in [3.63, 3.8) is 0 Å². The zero-order chi connectivity index (χ0) is 21.6. The number of hydrogen-bond acceptors (Lipinski definition) is 2. The van der Waals surface area contributed by atoms with Crippen molar-refractivity contribution in [1.29, 1.82) is 0 Å². The first kappa shape index (κ1) is 22.6. The maximum atomic E-state index is 12.7. The molecule has 0 aliphatic heterocycles. The van der Waals surface area contributed by atoms with Crippen LogP contribution in [0.25, 0.3) is 0 Å². The number of nitrogens with one attached hydrogen (secondary N) is 2. The van der Waals surface area contributed by atoms with Gasteiger partial charge in [-0.2, -0.15) is 0 Å². The second-order valence-electron chi connectivity index (χ2n) is 8.32. The van der Waals surface area contributed by atoms with Crippen molar-refractivity contribution in [2.45, 2.75) is 59.5 Å². The van der Waals surface area contributed by atoms with Crippen LogP contribution in [0.1, 0.15) is 64.6 Å². The molecule has 0 saturated carbocycles. The number of carbonyl (C=O) groups excluding carboxylic acids is 2. The average Bonchev–Trinajstić information content (AvgIpc) is 2.66. The van der Waals surface area contributed by atoms with E-state index in [0.717, 1.165) is 0 Å². The summed E-state index contributed by atoms with van der Waals surface area (Å²) in [5, 5.41) is 7.81. The Morgan fingerprint density at radius 3 is 1.69 bits per heavy atom. The number of hydrogen-bond donors (Lipinski definition) is 3. The maximum absolute atomic E-state index is 12.7. The molecule has 2 aromatic rings. The first-order valence-electron chi connectivity index (χ1n) is 10.3. The van der Waals surface area contributed by atoms with Crippen LogP contribution < -0.4 is 16.0 Å². The standard InChI is InChI=1S/C24H33N3O2/c1-15(2)19-7-9-20(10-8-19)23(16(3)4)25-17(5)24(29)27-22-13-11-21(12-14-22)26-18(6)28/h7-17,23,25H,1-6H3,(H,26,28)(H,27,29)/p+1/t17-,23+/m0/s1. The van der Waals surface area contributed by atoms with Gasteiger partial charge in [0.05, 0.1) is 0 Å². The number of benzene rings is 2. The van der Waals surface area contributed by atoms with Crippen molar-refractivity contribution in [2.24, 2.45) is 5.92 Å². The predicted molar refractivity (Wildman–Crippen MR) is 119 cm³/mol. The van der Waals surface area contributed by atoms with Gasteiger partial charge in [0, 0.05) is 29.8 Å². The summed E-state index contributed by atoms with van der Waals surface area (Å²) in [4.78, 5) is 23.8. The Labute approximate surface area is 174 Å². The van der Waals surface area contributed by atoms with Gasteiger partial charge in [0.2, 0.25) is 5.91 Å². The lowest BCUT2D eigenvalue weighted by atomic mass is 9.93. The van der Waals surface area contributed by atoms with Gasteiger partial charge in [0.15, 0.2) is 6.04 Å². The molecule has 4 N–H and O–H groups in total. The number of amides is 2. The fraction of sp³-hybridized carbons (Fsp3) is 0.417. The molecule has 29 heavy (non-hydrogen) atoms. The molecule has 0 heterocycles. The first-order chi connectivity index (χ1) is 13.7. The summed E-state index contributed by atoms with van der Waals surface area (Å²) < 4.78 is 0. The van der Waals surface area contributed by atoms with E-state index in [4.69, 9.17) is 0 Å². The Hall–Kier alpha value is -2.66. The fourth-order valence-corrected chi connectivity index (χ4v) is 3.32. The molecule has 156 valence electrons. The van der Waals surface area contributed by atoms with Gasteiger partial charge in [-0.1, -0.05) is 52.0 Å². The predicted octanol–water partition coefficient (Wildman–Crippen LogP) is 4.06.